The van der Waals surface area contributed by atoms with Gasteiger partial charge in [0.25, 0.3) is 5.91 Å². The first kappa shape index (κ1) is 16.5. The molecule has 0 spiro atoms. The van der Waals surface area contributed by atoms with Gasteiger partial charge in [-0.2, -0.15) is 0 Å². The Hall–Kier alpha value is -2.98. The van der Waals surface area contributed by atoms with Gasteiger partial charge in [-0.25, -0.2) is 4.39 Å². The van der Waals surface area contributed by atoms with Crippen LogP contribution in [0.4, 0.5) is 4.39 Å². The summed E-state index contributed by atoms with van der Waals surface area (Å²) in [5.41, 5.74) is 0.621. The molecule has 26 heavy (non-hydrogen) atoms. The van der Waals surface area contributed by atoms with Gasteiger partial charge in [-0.05, 0) is 24.1 Å². The van der Waals surface area contributed by atoms with Crippen molar-refractivity contribution in [2.75, 3.05) is 6.54 Å². The van der Waals surface area contributed by atoms with Gasteiger partial charge >= 0.3 is 0 Å². The molecule has 1 aliphatic rings. The smallest absolute Gasteiger partial charge is 0.257 e. The van der Waals surface area contributed by atoms with Crippen LogP contribution in [0.15, 0.2) is 78.9 Å². The van der Waals surface area contributed by atoms with Crippen molar-refractivity contribution in [1.29, 1.82) is 0 Å². The largest absolute Gasteiger partial charge is 0.363 e. The Balaban J connectivity index is 1.75. The fraction of sp³-hybridized carbons (Fsp3) is 0.136. The van der Waals surface area contributed by atoms with Crippen molar-refractivity contribution in [1.82, 2.24) is 4.90 Å². The number of hydrogen-bond donors (Lipinski definition) is 1. The van der Waals surface area contributed by atoms with E-state index in [4.69, 9.17) is 0 Å². The van der Waals surface area contributed by atoms with Gasteiger partial charge in [-0.3, -0.25) is 4.79 Å². The van der Waals surface area contributed by atoms with Crippen LogP contribution in [-0.2, 0) is 12.1 Å². The third-order valence-electron chi connectivity index (χ3n) is 4.91. The Morgan fingerprint density at radius 3 is 2.31 bits per heavy atom. The zero-order valence-corrected chi connectivity index (χ0v) is 14.1. The normalized spacial score (nSPS) is 18.8. The third kappa shape index (κ3) is 2.50. The van der Waals surface area contributed by atoms with Crippen LogP contribution < -0.4 is 0 Å². The number of benzene rings is 3. The van der Waals surface area contributed by atoms with E-state index in [2.05, 4.69) is 0 Å². The minimum atomic E-state index is -1.56. The van der Waals surface area contributed by atoms with Crippen LogP contribution in [0.3, 0.4) is 0 Å². The van der Waals surface area contributed by atoms with E-state index in [0.29, 0.717) is 28.7 Å². The molecule has 0 aromatic heterocycles. The summed E-state index contributed by atoms with van der Waals surface area (Å²) in [6, 6.07) is 22.7. The Bertz CT molecular complexity index is 957. The van der Waals surface area contributed by atoms with Gasteiger partial charge in [0.2, 0.25) is 0 Å². The van der Waals surface area contributed by atoms with Crippen LogP contribution >= 0.6 is 0 Å². The monoisotopic (exact) mass is 347 g/mol. The molecule has 4 heteroatoms. The fourth-order valence-electron chi connectivity index (χ4n) is 3.59. The first-order valence-electron chi connectivity index (χ1n) is 8.55. The van der Waals surface area contributed by atoms with Crippen molar-refractivity contribution >= 4 is 5.91 Å². The van der Waals surface area contributed by atoms with Crippen molar-refractivity contribution in [3.05, 3.63) is 107 Å². The van der Waals surface area contributed by atoms with Crippen LogP contribution in [0.2, 0.25) is 0 Å². The topological polar surface area (TPSA) is 40.5 Å². The maximum Gasteiger partial charge on any atom is 0.257 e. The Morgan fingerprint density at radius 1 is 0.885 bits per heavy atom. The molecule has 130 valence electrons. The highest BCUT2D eigenvalue weighted by Gasteiger charge is 2.49. The number of carbonyl (C=O) groups is 1. The maximum absolute atomic E-state index is 14.0. The van der Waals surface area contributed by atoms with E-state index in [1.165, 1.54) is 11.0 Å². The number of halogens is 1. The summed E-state index contributed by atoms with van der Waals surface area (Å²) in [6.07, 6.45) is 0.321. The highest BCUT2D eigenvalue weighted by molar-refractivity contribution is 6.00. The number of rotatable bonds is 4. The molecule has 3 aromatic rings. The Kier molecular flexibility index (Phi) is 4.05. The van der Waals surface area contributed by atoms with Gasteiger partial charge in [0.05, 0.1) is 0 Å². The summed E-state index contributed by atoms with van der Waals surface area (Å²) < 4.78 is 14.0. The van der Waals surface area contributed by atoms with E-state index in [1.807, 2.05) is 18.2 Å². The van der Waals surface area contributed by atoms with Crippen molar-refractivity contribution in [3.63, 3.8) is 0 Å². The molecule has 3 nitrogen and oxygen atoms in total. The lowest BCUT2D eigenvalue weighted by molar-refractivity contribution is -0.0494. The van der Waals surface area contributed by atoms with Crippen LogP contribution in [0, 0.1) is 5.82 Å². The molecule has 0 saturated heterocycles. The number of fused-ring (bicyclic) bond motifs is 1. The molecular formula is C22H18FNO2. The second kappa shape index (κ2) is 6.39. The third-order valence-corrected chi connectivity index (χ3v) is 4.91. The van der Waals surface area contributed by atoms with E-state index in [1.54, 1.807) is 54.6 Å². The summed E-state index contributed by atoms with van der Waals surface area (Å²) in [5.74, 6) is -0.553. The number of carbonyl (C=O) groups excluding carboxylic acids is 1. The average Bonchev–Trinajstić information content (AvgIpc) is 2.91. The Morgan fingerprint density at radius 2 is 1.54 bits per heavy atom. The summed E-state index contributed by atoms with van der Waals surface area (Å²) >= 11 is 0. The molecular weight excluding hydrogens is 329 g/mol. The maximum atomic E-state index is 14.0. The lowest BCUT2D eigenvalue weighted by Gasteiger charge is -2.35. The predicted octanol–water partition coefficient (Wildman–Crippen LogP) is 3.72. The number of aliphatic hydroxyl groups is 1. The standard InChI is InChI=1S/C22H18FNO2/c23-20-13-7-4-8-16(20)14-15-24-21(25)18-11-5-6-12-19(18)22(24,26)17-9-2-1-3-10-17/h1-13,26H,14-15H2. The quantitative estimate of drug-likeness (QED) is 0.781. The van der Waals surface area contributed by atoms with Crippen LogP contribution in [0.1, 0.15) is 27.0 Å². The second-order valence-corrected chi connectivity index (χ2v) is 6.38. The molecule has 0 aliphatic carbocycles. The van der Waals surface area contributed by atoms with Crippen LogP contribution in [-0.4, -0.2) is 22.5 Å². The second-order valence-electron chi connectivity index (χ2n) is 6.38. The van der Waals surface area contributed by atoms with Gasteiger partial charge < -0.3 is 10.0 Å². The molecule has 0 radical (unpaired) electrons. The van der Waals surface area contributed by atoms with E-state index in [0.717, 1.165) is 0 Å². The minimum absolute atomic E-state index is 0.208. The minimum Gasteiger partial charge on any atom is -0.363 e. The lowest BCUT2D eigenvalue weighted by atomic mass is 9.93. The molecule has 1 heterocycles. The fourth-order valence-corrected chi connectivity index (χ4v) is 3.59. The molecule has 4 rings (SSSR count). The number of amides is 1. The summed E-state index contributed by atoms with van der Waals surface area (Å²) in [5, 5.41) is 11.6. The summed E-state index contributed by atoms with van der Waals surface area (Å²) in [7, 11) is 0. The zero-order valence-electron chi connectivity index (χ0n) is 14.1. The first-order valence-corrected chi connectivity index (χ1v) is 8.55. The van der Waals surface area contributed by atoms with Crippen LogP contribution in [0.25, 0.3) is 0 Å². The van der Waals surface area contributed by atoms with Gasteiger partial charge in [0.15, 0.2) is 5.72 Å². The van der Waals surface area contributed by atoms with Crippen molar-refractivity contribution < 1.29 is 14.3 Å². The average molecular weight is 347 g/mol. The van der Waals surface area contributed by atoms with Gasteiger partial charge in [-0.15, -0.1) is 0 Å². The van der Waals surface area contributed by atoms with Crippen molar-refractivity contribution in [3.8, 4) is 0 Å². The highest BCUT2D eigenvalue weighted by atomic mass is 19.1. The molecule has 1 aliphatic heterocycles. The molecule has 3 aromatic carbocycles. The van der Waals surface area contributed by atoms with Gasteiger partial charge in [0, 0.05) is 23.2 Å². The van der Waals surface area contributed by atoms with Crippen molar-refractivity contribution in [2.45, 2.75) is 12.1 Å². The number of nitrogens with zero attached hydrogens (tertiary/aromatic N) is 1. The van der Waals surface area contributed by atoms with E-state index < -0.39 is 5.72 Å². The Labute approximate surface area is 151 Å². The molecule has 0 saturated carbocycles. The molecule has 1 N–H and O–H groups in total. The van der Waals surface area contributed by atoms with Gasteiger partial charge in [0.1, 0.15) is 5.82 Å². The predicted molar refractivity (Wildman–Crippen MR) is 97.0 cm³/mol. The first-order chi connectivity index (χ1) is 12.6. The highest BCUT2D eigenvalue weighted by Crippen LogP contribution is 2.42. The number of hydrogen-bond acceptors (Lipinski definition) is 2. The van der Waals surface area contributed by atoms with Crippen molar-refractivity contribution in [2.24, 2.45) is 0 Å². The zero-order chi connectivity index (χ0) is 18.1. The molecule has 0 fully saturated rings. The van der Waals surface area contributed by atoms with Gasteiger partial charge in [-0.1, -0.05) is 66.7 Å². The molecule has 1 atom stereocenters. The molecule has 0 bridgehead atoms. The summed E-state index contributed by atoms with van der Waals surface area (Å²) in [6.45, 7) is 0.208. The van der Waals surface area contributed by atoms with E-state index in [-0.39, 0.29) is 18.3 Å². The molecule has 1 unspecified atom stereocenters. The van der Waals surface area contributed by atoms with Crippen LogP contribution in [0.5, 0.6) is 0 Å². The lowest BCUT2D eigenvalue weighted by Crippen LogP contribution is -2.45. The SMILES string of the molecule is O=C1c2ccccc2C(O)(c2ccccc2)N1CCc1ccccc1F. The van der Waals surface area contributed by atoms with E-state index in [9.17, 15) is 14.3 Å². The molecule has 1 amide bonds. The summed E-state index contributed by atoms with van der Waals surface area (Å²) in [4.78, 5) is 14.4. The van der Waals surface area contributed by atoms with E-state index >= 15 is 0 Å².